The van der Waals surface area contributed by atoms with E-state index in [9.17, 15) is 13.2 Å². The van der Waals surface area contributed by atoms with Crippen molar-refractivity contribution in [2.45, 2.75) is 64.7 Å². The highest BCUT2D eigenvalue weighted by Gasteiger charge is 2.18. The second-order valence-electron chi connectivity index (χ2n) is 7.41. The van der Waals surface area contributed by atoms with Gasteiger partial charge in [0, 0.05) is 12.1 Å². The number of hydrogen-bond acceptors (Lipinski definition) is 3. The number of carboxylic acids is 1. The smallest absolute Gasteiger partial charge is 0.303 e. The van der Waals surface area contributed by atoms with Gasteiger partial charge in [-0.25, -0.2) is 8.42 Å². The number of carboxylic acid groups (broad SMARTS) is 1. The summed E-state index contributed by atoms with van der Waals surface area (Å²) < 4.78 is 28.0. The van der Waals surface area contributed by atoms with E-state index in [4.69, 9.17) is 5.11 Å². The number of benzene rings is 1. The molecule has 154 valence electrons. The first-order valence-corrected chi connectivity index (χ1v) is 11.6. The van der Waals surface area contributed by atoms with Gasteiger partial charge in [-0.2, -0.15) is 0 Å². The standard InChI is InChI=1S/C22H31NO4S/c1-18-9-8-10-19(17-18)15-16-28(26,27)23-21-13-7-6-12-20(21)11-4-2-3-5-14-22(24)25/h2,4,8-10,17,23H,3,5-7,11-16H2,1H3,(H,24,25). The number of sulfonamides is 1. The lowest BCUT2D eigenvalue weighted by atomic mass is 9.94. The zero-order chi connectivity index (χ0) is 20.4. The number of nitrogens with one attached hydrogen (secondary N) is 1. The molecule has 1 aliphatic rings. The van der Waals surface area contributed by atoms with Crippen LogP contribution in [-0.2, 0) is 21.2 Å². The Morgan fingerprint density at radius 3 is 2.75 bits per heavy atom. The van der Waals surface area contributed by atoms with Gasteiger partial charge in [0.25, 0.3) is 0 Å². The summed E-state index contributed by atoms with van der Waals surface area (Å²) in [6, 6.07) is 7.94. The molecule has 0 atom stereocenters. The summed E-state index contributed by atoms with van der Waals surface area (Å²) in [4.78, 5) is 10.5. The molecule has 1 aromatic carbocycles. The molecule has 0 bridgehead atoms. The molecule has 1 aromatic rings. The second kappa shape index (κ2) is 11.1. The molecule has 0 heterocycles. The number of allylic oxidation sites excluding steroid dienone is 4. The fourth-order valence-electron chi connectivity index (χ4n) is 3.39. The summed E-state index contributed by atoms with van der Waals surface area (Å²) in [5.41, 5.74) is 4.17. The van der Waals surface area contributed by atoms with Crippen molar-refractivity contribution in [2.24, 2.45) is 0 Å². The summed E-state index contributed by atoms with van der Waals surface area (Å²) in [7, 11) is -3.37. The molecule has 0 aromatic heterocycles. The molecule has 0 amide bonds. The SMILES string of the molecule is Cc1cccc(CCS(=O)(=O)NC2=C(CC=CCCCC(=O)O)CCCC2)c1. The first kappa shape index (κ1) is 22.2. The maximum atomic E-state index is 12.6. The van der Waals surface area contributed by atoms with Crippen LogP contribution in [0.15, 0.2) is 47.7 Å². The van der Waals surface area contributed by atoms with E-state index in [0.717, 1.165) is 60.9 Å². The van der Waals surface area contributed by atoms with Crippen molar-refractivity contribution in [3.05, 3.63) is 58.8 Å². The zero-order valence-corrected chi connectivity index (χ0v) is 17.4. The molecule has 0 radical (unpaired) electrons. The Morgan fingerprint density at radius 1 is 1.21 bits per heavy atom. The molecular weight excluding hydrogens is 374 g/mol. The van der Waals surface area contributed by atoms with Crippen LogP contribution in [0.2, 0.25) is 0 Å². The van der Waals surface area contributed by atoms with Crippen molar-refractivity contribution in [1.29, 1.82) is 0 Å². The quantitative estimate of drug-likeness (QED) is 0.420. The Morgan fingerprint density at radius 2 is 2.00 bits per heavy atom. The van der Waals surface area contributed by atoms with E-state index in [1.54, 1.807) is 0 Å². The Labute approximate surface area is 168 Å². The van der Waals surface area contributed by atoms with Crippen LogP contribution >= 0.6 is 0 Å². The summed E-state index contributed by atoms with van der Waals surface area (Å²) in [5.74, 6) is -0.691. The van der Waals surface area contributed by atoms with Gasteiger partial charge in [0.2, 0.25) is 10.0 Å². The zero-order valence-electron chi connectivity index (χ0n) is 16.6. The van der Waals surface area contributed by atoms with Gasteiger partial charge in [-0.1, -0.05) is 42.0 Å². The number of unbranched alkanes of at least 4 members (excludes halogenated alkanes) is 1. The van der Waals surface area contributed by atoms with Gasteiger partial charge in [-0.3, -0.25) is 9.52 Å². The number of carbonyl (C=O) groups is 1. The third kappa shape index (κ3) is 8.30. The highest BCUT2D eigenvalue weighted by atomic mass is 32.2. The molecule has 0 fully saturated rings. The lowest BCUT2D eigenvalue weighted by molar-refractivity contribution is -0.137. The molecule has 2 N–H and O–H groups in total. The van der Waals surface area contributed by atoms with Gasteiger partial charge < -0.3 is 5.11 Å². The van der Waals surface area contributed by atoms with Crippen LogP contribution in [0.3, 0.4) is 0 Å². The predicted molar refractivity (Wildman–Crippen MR) is 113 cm³/mol. The first-order chi connectivity index (χ1) is 13.4. The van der Waals surface area contributed by atoms with Crippen LogP contribution in [0, 0.1) is 6.92 Å². The monoisotopic (exact) mass is 405 g/mol. The minimum atomic E-state index is -3.37. The Balaban J connectivity index is 1.91. The molecule has 28 heavy (non-hydrogen) atoms. The minimum absolute atomic E-state index is 0.0816. The van der Waals surface area contributed by atoms with Gasteiger partial charge in [0.05, 0.1) is 5.75 Å². The van der Waals surface area contributed by atoms with Crippen LogP contribution in [-0.4, -0.2) is 25.2 Å². The van der Waals surface area contributed by atoms with Gasteiger partial charge in [0.15, 0.2) is 0 Å². The molecule has 0 saturated carbocycles. The maximum Gasteiger partial charge on any atom is 0.303 e. The predicted octanol–water partition coefficient (Wildman–Crippen LogP) is 4.49. The first-order valence-electron chi connectivity index (χ1n) is 9.99. The van der Waals surface area contributed by atoms with E-state index in [2.05, 4.69) is 4.72 Å². The fraction of sp³-hybridized carbons (Fsp3) is 0.500. The van der Waals surface area contributed by atoms with Crippen LogP contribution < -0.4 is 4.72 Å². The number of rotatable bonds is 11. The lowest BCUT2D eigenvalue weighted by Crippen LogP contribution is -2.28. The van der Waals surface area contributed by atoms with E-state index in [0.29, 0.717) is 12.8 Å². The van der Waals surface area contributed by atoms with Crippen molar-refractivity contribution >= 4 is 16.0 Å². The van der Waals surface area contributed by atoms with Crippen LogP contribution in [0.25, 0.3) is 0 Å². The van der Waals surface area contributed by atoms with Crippen molar-refractivity contribution < 1.29 is 18.3 Å². The van der Waals surface area contributed by atoms with E-state index in [1.165, 1.54) is 0 Å². The average molecular weight is 406 g/mol. The van der Waals surface area contributed by atoms with Crippen molar-refractivity contribution in [1.82, 2.24) is 4.72 Å². The highest BCUT2D eigenvalue weighted by Crippen LogP contribution is 2.26. The van der Waals surface area contributed by atoms with Gasteiger partial charge in [0.1, 0.15) is 0 Å². The largest absolute Gasteiger partial charge is 0.481 e. The molecule has 2 rings (SSSR count). The molecular formula is C22H31NO4S. The molecule has 5 nitrogen and oxygen atoms in total. The third-order valence-electron chi connectivity index (χ3n) is 4.90. The Kier molecular flexibility index (Phi) is 8.77. The number of aliphatic carboxylic acids is 1. The van der Waals surface area contributed by atoms with E-state index in [-0.39, 0.29) is 12.2 Å². The normalized spacial score (nSPS) is 15.2. The Hall–Kier alpha value is -2.08. The van der Waals surface area contributed by atoms with Crippen molar-refractivity contribution in [3.63, 3.8) is 0 Å². The topological polar surface area (TPSA) is 83.5 Å². The van der Waals surface area contributed by atoms with Crippen molar-refractivity contribution in [3.8, 4) is 0 Å². The third-order valence-corrected chi connectivity index (χ3v) is 6.19. The van der Waals surface area contributed by atoms with Gasteiger partial charge >= 0.3 is 5.97 Å². The highest BCUT2D eigenvalue weighted by molar-refractivity contribution is 7.89. The van der Waals surface area contributed by atoms with E-state index < -0.39 is 16.0 Å². The average Bonchev–Trinajstić information content (AvgIpc) is 2.64. The van der Waals surface area contributed by atoms with Gasteiger partial charge in [-0.05, 0) is 69.4 Å². The summed E-state index contributed by atoms with van der Waals surface area (Å²) in [5, 5.41) is 8.65. The molecule has 0 saturated heterocycles. The summed E-state index contributed by atoms with van der Waals surface area (Å²) >= 11 is 0. The maximum absolute atomic E-state index is 12.6. The van der Waals surface area contributed by atoms with E-state index >= 15 is 0 Å². The van der Waals surface area contributed by atoms with Crippen molar-refractivity contribution in [2.75, 3.05) is 5.75 Å². The molecule has 0 unspecified atom stereocenters. The van der Waals surface area contributed by atoms with Crippen LogP contribution in [0.1, 0.15) is 62.5 Å². The molecule has 0 aliphatic heterocycles. The second-order valence-corrected chi connectivity index (χ2v) is 9.25. The van der Waals surface area contributed by atoms with Crippen LogP contribution in [0.4, 0.5) is 0 Å². The minimum Gasteiger partial charge on any atom is -0.481 e. The molecule has 6 heteroatoms. The Bertz CT molecular complexity index is 825. The summed E-state index contributed by atoms with van der Waals surface area (Å²) in [6.45, 7) is 2.00. The molecule has 1 aliphatic carbocycles. The summed E-state index contributed by atoms with van der Waals surface area (Å²) in [6.07, 6.45) is 10.6. The van der Waals surface area contributed by atoms with E-state index in [1.807, 2.05) is 43.3 Å². The van der Waals surface area contributed by atoms with Gasteiger partial charge in [-0.15, -0.1) is 0 Å². The fourth-order valence-corrected chi connectivity index (χ4v) is 4.62. The lowest BCUT2D eigenvalue weighted by Gasteiger charge is -2.21. The molecule has 0 spiro atoms. The number of aryl methyl sites for hydroxylation is 2. The number of hydrogen-bond donors (Lipinski definition) is 2. The van der Waals surface area contributed by atoms with Crippen LogP contribution in [0.5, 0.6) is 0 Å².